The summed E-state index contributed by atoms with van der Waals surface area (Å²) < 4.78 is 1.18. The van der Waals surface area contributed by atoms with Crippen molar-refractivity contribution in [3.8, 4) is 0 Å². The van der Waals surface area contributed by atoms with Crippen LogP contribution in [-0.4, -0.2) is 24.5 Å². The van der Waals surface area contributed by atoms with E-state index < -0.39 is 0 Å². The van der Waals surface area contributed by atoms with Crippen LogP contribution in [0.1, 0.15) is 36.4 Å². The second-order valence-electron chi connectivity index (χ2n) is 5.09. The number of likely N-dealkylation sites (tertiary alicyclic amines) is 1. The van der Waals surface area contributed by atoms with Crippen molar-refractivity contribution in [2.24, 2.45) is 5.73 Å². The summed E-state index contributed by atoms with van der Waals surface area (Å²) in [5.74, 6) is 0. The van der Waals surface area contributed by atoms with Crippen molar-refractivity contribution in [2.75, 3.05) is 13.6 Å². The van der Waals surface area contributed by atoms with Gasteiger partial charge in [0.15, 0.2) is 0 Å². The molecule has 1 aliphatic heterocycles. The normalized spacial score (nSPS) is 26.8. The highest BCUT2D eigenvalue weighted by atomic mass is 79.9. The Morgan fingerprint density at radius 1 is 1.35 bits per heavy atom. The van der Waals surface area contributed by atoms with Gasteiger partial charge in [-0.2, -0.15) is 0 Å². The quantitative estimate of drug-likeness (QED) is 0.862. The van der Waals surface area contributed by atoms with E-state index in [-0.39, 0.29) is 6.04 Å². The van der Waals surface area contributed by atoms with Gasteiger partial charge in [0.25, 0.3) is 0 Å². The van der Waals surface area contributed by atoms with Crippen LogP contribution in [0.5, 0.6) is 0 Å². The summed E-state index contributed by atoms with van der Waals surface area (Å²) in [6.07, 6.45) is 3.63. The van der Waals surface area contributed by atoms with Gasteiger partial charge in [0.1, 0.15) is 0 Å². The number of hydrogen-bond donors (Lipinski definition) is 1. The molecule has 2 unspecified atom stereocenters. The number of rotatable bonds is 1. The van der Waals surface area contributed by atoms with E-state index in [0.717, 1.165) is 13.0 Å². The van der Waals surface area contributed by atoms with Gasteiger partial charge >= 0.3 is 0 Å². The first-order valence-corrected chi connectivity index (χ1v) is 7.11. The van der Waals surface area contributed by atoms with E-state index in [2.05, 4.69) is 53.0 Å². The van der Waals surface area contributed by atoms with E-state index in [1.165, 1.54) is 28.4 Å². The van der Waals surface area contributed by atoms with E-state index in [4.69, 9.17) is 5.73 Å². The van der Waals surface area contributed by atoms with Crippen molar-refractivity contribution in [1.29, 1.82) is 0 Å². The molecule has 2 atom stereocenters. The number of benzene rings is 1. The minimum Gasteiger partial charge on any atom is -0.326 e. The maximum absolute atomic E-state index is 6.33. The van der Waals surface area contributed by atoms with E-state index in [9.17, 15) is 0 Å². The SMILES string of the molecule is Cc1ccc(C2C(N)CCCCN2C)cc1Br. The molecule has 0 amide bonds. The Balaban J connectivity index is 2.31. The minimum absolute atomic E-state index is 0.247. The Bertz CT molecular complexity index is 380. The van der Waals surface area contributed by atoms with E-state index >= 15 is 0 Å². The lowest BCUT2D eigenvalue weighted by Gasteiger charge is -2.30. The molecule has 1 heterocycles. The van der Waals surface area contributed by atoms with Gasteiger partial charge in [-0.25, -0.2) is 0 Å². The van der Waals surface area contributed by atoms with Gasteiger partial charge in [-0.3, -0.25) is 4.90 Å². The van der Waals surface area contributed by atoms with E-state index in [1.54, 1.807) is 0 Å². The zero-order valence-corrected chi connectivity index (χ0v) is 12.2. The first-order chi connectivity index (χ1) is 8.09. The van der Waals surface area contributed by atoms with Crippen LogP contribution in [0, 0.1) is 6.92 Å². The molecule has 1 aromatic carbocycles. The Hall–Kier alpha value is -0.380. The maximum atomic E-state index is 6.33. The number of hydrogen-bond acceptors (Lipinski definition) is 2. The van der Waals surface area contributed by atoms with Crippen LogP contribution in [0.3, 0.4) is 0 Å². The largest absolute Gasteiger partial charge is 0.326 e. The first kappa shape index (κ1) is 13.1. The van der Waals surface area contributed by atoms with Gasteiger partial charge in [-0.15, -0.1) is 0 Å². The van der Waals surface area contributed by atoms with Crippen molar-refractivity contribution < 1.29 is 0 Å². The summed E-state index contributed by atoms with van der Waals surface area (Å²) in [5, 5.41) is 0. The Morgan fingerprint density at radius 3 is 2.82 bits per heavy atom. The predicted octanol–water partition coefficient (Wildman–Crippen LogP) is 3.24. The predicted molar refractivity (Wildman–Crippen MR) is 76.1 cm³/mol. The molecule has 1 fully saturated rings. The number of nitrogens with zero attached hydrogens (tertiary/aromatic N) is 1. The molecule has 1 aromatic rings. The third-order valence-corrected chi connectivity index (χ3v) is 4.57. The molecule has 2 rings (SSSR count). The number of nitrogens with two attached hydrogens (primary N) is 1. The fraction of sp³-hybridized carbons (Fsp3) is 0.571. The number of halogens is 1. The summed E-state index contributed by atoms with van der Waals surface area (Å²) in [4.78, 5) is 2.40. The fourth-order valence-corrected chi connectivity index (χ4v) is 3.06. The van der Waals surface area contributed by atoms with Gasteiger partial charge in [0, 0.05) is 16.6 Å². The smallest absolute Gasteiger partial charge is 0.0496 e. The van der Waals surface area contributed by atoms with Crippen LogP contribution in [0.25, 0.3) is 0 Å². The molecule has 0 bridgehead atoms. The van der Waals surface area contributed by atoms with Gasteiger partial charge < -0.3 is 5.73 Å². The fourth-order valence-electron chi connectivity index (χ4n) is 2.66. The van der Waals surface area contributed by atoms with Crippen molar-refractivity contribution in [2.45, 2.75) is 38.3 Å². The molecule has 0 aliphatic carbocycles. The molecule has 0 radical (unpaired) electrons. The summed E-state index contributed by atoms with van der Waals surface area (Å²) in [7, 11) is 2.18. The van der Waals surface area contributed by atoms with Gasteiger partial charge in [-0.05, 0) is 50.6 Å². The summed E-state index contributed by atoms with van der Waals surface area (Å²) in [6, 6.07) is 7.21. The van der Waals surface area contributed by atoms with Crippen molar-refractivity contribution >= 4 is 15.9 Å². The highest BCUT2D eigenvalue weighted by Gasteiger charge is 2.26. The second kappa shape index (κ2) is 5.51. The molecule has 0 spiro atoms. The zero-order valence-electron chi connectivity index (χ0n) is 10.6. The third kappa shape index (κ3) is 2.90. The molecule has 1 saturated heterocycles. The highest BCUT2D eigenvalue weighted by Crippen LogP contribution is 2.30. The van der Waals surface area contributed by atoms with Crippen molar-refractivity contribution in [1.82, 2.24) is 4.90 Å². The lowest BCUT2D eigenvalue weighted by molar-refractivity contribution is 0.230. The third-order valence-electron chi connectivity index (χ3n) is 3.72. The molecule has 1 aliphatic rings. The molecule has 94 valence electrons. The van der Waals surface area contributed by atoms with Crippen LogP contribution in [0.15, 0.2) is 22.7 Å². The summed E-state index contributed by atoms with van der Waals surface area (Å²) in [5.41, 5.74) is 8.94. The average molecular weight is 297 g/mol. The lowest BCUT2D eigenvalue weighted by Crippen LogP contribution is -2.37. The number of likely N-dealkylation sites (N-methyl/N-ethyl adjacent to an activating group) is 1. The molecule has 0 saturated carbocycles. The van der Waals surface area contributed by atoms with Crippen molar-refractivity contribution in [3.63, 3.8) is 0 Å². The minimum atomic E-state index is 0.247. The van der Waals surface area contributed by atoms with Crippen LogP contribution >= 0.6 is 15.9 Å². The average Bonchev–Trinajstić information content (AvgIpc) is 2.45. The Kier molecular flexibility index (Phi) is 4.23. The van der Waals surface area contributed by atoms with Crippen molar-refractivity contribution in [3.05, 3.63) is 33.8 Å². The second-order valence-corrected chi connectivity index (χ2v) is 5.95. The molecular formula is C14H21BrN2. The molecule has 17 heavy (non-hydrogen) atoms. The molecule has 2 N–H and O–H groups in total. The molecule has 3 heteroatoms. The lowest BCUT2D eigenvalue weighted by atomic mass is 9.96. The maximum Gasteiger partial charge on any atom is 0.0496 e. The molecular weight excluding hydrogens is 276 g/mol. The Labute approximate surface area is 112 Å². The standard InChI is InChI=1S/C14H21BrN2/c1-10-6-7-11(9-12(10)15)14-13(16)5-3-4-8-17(14)2/h6-7,9,13-14H,3-5,8,16H2,1-2H3. The molecule has 0 aromatic heterocycles. The Morgan fingerprint density at radius 2 is 2.12 bits per heavy atom. The zero-order chi connectivity index (χ0) is 12.4. The van der Waals surface area contributed by atoms with Crippen LogP contribution in [-0.2, 0) is 0 Å². The van der Waals surface area contributed by atoms with E-state index in [1.807, 2.05) is 0 Å². The van der Waals surface area contributed by atoms with Crippen LogP contribution in [0.2, 0.25) is 0 Å². The van der Waals surface area contributed by atoms with E-state index in [0.29, 0.717) is 6.04 Å². The molecule has 2 nitrogen and oxygen atoms in total. The highest BCUT2D eigenvalue weighted by molar-refractivity contribution is 9.10. The van der Waals surface area contributed by atoms with Crippen LogP contribution < -0.4 is 5.73 Å². The topological polar surface area (TPSA) is 29.3 Å². The number of aryl methyl sites for hydroxylation is 1. The van der Waals surface area contributed by atoms with Gasteiger partial charge in [0.05, 0.1) is 0 Å². The first-order valence-electron chi connectivity index (χ1n) is 6.31. The monoisotopic (exact) mass is 296 g/mol. The summed E-state index contributed by atoms with van der Waals surface area (Å²) >= 11 is 3.61. The van der Waals surface area contributed by atoms with Crippen LogP contribution in [0.4, 0.5) is 0 Å². The van der Waals surface area contributed by atoms with Gasteiger partial charge in [-0.1, -0.05) is 34.5 Å². The van der Waals surface area contributed by atoms with Gasteiger partial charge in [0.2, 0.25) is 0 Å². The summed E-state index contributed by atoms with van der Waals surface area (Å²) in [6.45, 7) is 3.26.